The molecule has 0 aliphatic carbocycles. The van der Waals surface area contributed by atoms with E-state index in [9.17, 15) is 4.39 Å². The van der Waals surface area contributed by atoms with E-state index < -0.39 is 0 Å². The van der Waals surface area contributed by atoms with Crippen molar-refractivity contribution in [2.75, 3.05) is 30.8 Å². The first kappa shape index (κ1) is 19.6. The first-order chi connectivity index (χ1) is 13.6. The van der Waals surface area contributed by atoms with Gasteiger partial charge in [0.2, 0.25) is 5.95 Å². The SMILES string of the molecule is COc1ccc(CCNc2nc(C)cc(NCCc3ccccc3F)n2)cc1. The number of hydrogen-bond acceptors (Lipinski definition) is 5. The smallest absolute Gasteiger partial charge is 0.224 e. The van der Waals surface area contributed by atoms with Crippen LogP contribution < -0.4 is 15.4 Å². The van der Waals surface area contributed by atoms with Gasteiger partial charge in [-0.05, 0) is 49.1 Å². The molecule has 2 aromatic carbocycles. The molecular formula is C22H25FN4O. The number of methoxy groups -OCH3 is 1. The minimum atomic E-state index is -0.177. The predicted octanol–water partition coefficient (Wildman–Crippen LogP) is 4.24. The third kappa shape index (κ3) is 5.67. The average molecular weight is 380 g/mol. The molecule has 28 heavy (non-hydrogen) atoms. The van der Waals surface area contributed by atoms with Crippen LogP contribution in [0.25, 0.3) is 0 Å². The quantitative estimate of drug-likeness (QED) is 0.581. The molecule has 0 saturated heterocycles. The minimum Gasteiger partial charge on any atom is -0.497 e. The van der Waals surface area contributed by atoms with Crippen molar-refractivity contribution in [2.45, 2.75) is 19.8 Å². The standard InChI is InChI=1S/C22H25FN4O/c1-16-15-21(24-14-12-18-5-3-4-6-20(18)23)27-22(26-16)25-13-11-17-7-9-19(28-2)10-8-17/h3-10,15H,11-14H2,1-2H3,(H2,24,25,26,27). The van der Waals surface area contributed by atoms with E-state index in [0.717, 1.165) is 30.2 Å². The fourth-order valence-electron chi connectivity index (χ4n) is 2.88. The Labute approximate surface area is 165 Å². The average Bonchev–Trinajstić information content (AvgIpc) is 2.70. The van der Waals surface area contributed by atoms with Gasteiger partial charge < -0.3 is 15.4 Å². The Morgan fingerprint density at radius 1 is 0.929 bits per heavy atom. The van der Waals surface area contributed by atoms with Crippen molar-refractivity contribution < 1.29 is 9.13 Å². The molecule has 146 valence electrons. The maximum atomic E-state index is 13.7. The number of nitrogens with one attached hydrogen (secondary N) is 2. The second kappa shape index (κ2) is 9.69. The highest BCUT2D eigenvalue weighted by Gasteiger charge is 2.04. The van der Waals surface area contributed by atoms with Crippen LogP contribution in [0.1, 0.15) is 16.8 Å². The number of benzene rings is 2. The van der Waals surface area contributed by atoms with E-state index in [2.05, 4.69) is 20.6 Å². The molecule has 0 aliphatic rings. The Hall–Kier alpha value is -3.15. The van der Waals surface area contributed by atoms with Crippen molar-refractivity contribution in [1.82, 2.24) is 9.97 Å². The molecule has 0 bridgehead atoms. The Balaban J connectivity index is 1.51. The van der Waals surface area contributed by atoms with Crippen LogP contribution in [0.4, 0.5) is 16.2 Å². The number of aromatic nitrogens is 2. The third-order valence-electron chi connectivity index (χ3n) is 4.37. The molecule has 0 aliphatic heterocycles. The summed E-state index contributed by atoms with van der Waals surface area (Å²) in [5, 5.41) is 6.52. The fraction of sp³-hybridized carbons (Fsp3) is 0.273. The van der Waals surface area contributed by atoms with Crippen molar-refractivity contribution >= 4 is 11.8 Å². The lowest BCUT2D eigenvalue weighted by Crippen LogP contribution is -2.12. The van der Waals surface area contributed by atoms with E-state index in [-0.39, 0.29) is 5.82 Å². The molecule has 3 rings (SSSR count). The third-order valence-corrected chi connectivity index (χ3v) is 4.37. The monoisotopic (exact) mass is 380 g/mol. The van der Waals surface area contributed by atoms with E-state index in [1.807, 2.05) is 43.3 Å². The number of halogens is 1. The number of aryl methyl sites for hydroxylation is 1. The molecule has 0 amide bonds. The maximum absolute atomic E-state index is 13.7. The molecule has 0 spiro atoms. The summed E-state index contributed by atoms with van der Waals surface area (Å²) in [4.78, 5) is 8.93. The summed E-state index contributed by atoms with van der Waals surface area (Å²) in [5.74, 6) is 1.99. The van der Waals surface area contributed by atoms with Gasteiger partial charge in [0.05, 0.1) is 7.11 Å². The van der Waals surface area contributed by atoms with Crippen LogP contribution in [0.15, 0.2) is 54.6 Å². The van der Waals surface area contributed by atoms with Crippen molar-refractivity contribution in [1.29, 1.82) is 0 Å². The summed E-state index contributed by atoms with van der Waals surface area (Å²) in [5.41, 5.74) is 2.78. The summed E-state index contributed by atoms with van der Waals surface area (Å²) < 4.78 is 18.9. The van der Waals surface area contributed by atoms with Crippen LogP contribution in [-0.4, -0.2) is 30.2 Å². The number of nitrogens with zero attached hydrogens (tertiary/aromatic N) is 2. The number of rotatable bonds is 9. The van der Waals surface area contributed by atoms with Crippen molar-refractivity contribution in [3.8, 4) is 5.75 Å². The van der Waals surface area contributed by atoms with Gasteiger partial charge in [-0.15, -0.1) is 0 Å². The molecule has 5 nitrogen and oxygen atoms in total. The van der Waals surface area contributed by atoms with Crippen LogP contribution in [0.5, 0.6) is 5.75 Å². The fourth-order valence-corrected chi connectivity index (χ4v) is 2.88. The Bertz CT molecular complexity index is 899. The van der Waals surface area contributed by atoms with E-state index in [4.69, 9.17) is 4.74 Å². The zero-order chi connectivity index (χ0) is 19.8. The second-order valence-electron chi connectivity index (χ2n) is 6.51. The van der Waals surface area contributed by atoms with Crippen molar-refractivity contribution in [3.63, 3.8) is 0 Å². The van der Waals surface area contributed by atoms with Gasteiger partial charge in [0.15, 0.2) is 0 Å². The van der Waals surface area contributed by atoms with Gasteiger partial charge in [0.1, 0.15) is 17.4 Å². The normalized spacial score (nSPS) is 10.5. The highest BCUT2D eigenvalue weighted by Crippen LogP contribution is 2.13. The Morgan fingerprint density at radius 3 is 2.43 bits per heavy atom. The van der Waals surface area contributed by atoms with Crippen molar-refractivity contribution in [2.24, 2.45) is 0 Å². The molecule has 2 N–H and O–H groups in total. The maximum Gasteiger partial charge on any atom is 0.224 e. The van der Waals surface area contributed by atoms with E-state index in [0.29, 0.717) is 24.5 Å². The molecule has 1 aromatic heterocycles. The van der Waals surface area contributed by atoms with Crippen LogP contribution >= 0.6 is 0 Å². The molecule has 0 radical (unpaired) electrons. The first-order valence-corrected chi connectivity index (χ1v) is 9.34. The van der Waals surface area contributed by atoms with Crippen LogP contribution in [0.3, 0.4) is 0 Å². The highest BCUT2D eigenvalue weighted by molar-refractivity contribution is 5.42. The van der Waals surface area contributed by atoms with Crippen LogP contribution in [0, 0.1) is 12.7 Å². The molecule has 0 atom stereocenters. The summed E-state index contributed by atoms with van der Waals surface area (Å²) >= 11 is 0. The Kier molecular flexibility index (Phi) is 6.78. The van der Waals surface area contributed by atoms with E-state index in [1.165, 1.54) is 11.6 Å². The molecule has 6 heteroatoms. The van der Waals surface area contributed by atoms with Gasteiger partial charge in [-0.2, -0.15) is 4.98 Å². The van der Waals surface area contributed by atoms with Crippen molar-refractivity contribution in [3.05, 3.63) is 77.2 Å². The lowest BCUT2D eigenvalue weighted by Gasteiger charge is -2.10. The van der Waals surface area contributed by atoms with Gasteiger partial charge in [0, 0.05) is 24.8 Å². The number of ether oxygens (including phenoxy) is 1. The van der Waals surface area contributed by atoms with E-state index in [1.54, 1.807) is 19.2 Å². The van der Waals surface area contributed by atoms with Gasteiger partial charge >= 0.3 is 0 Å². The predicted molar refractivity (Wildman–Crippen MR) is 111 cm³/mol. The largest absolute Gasteiger partial charge is 0.497 e. The highest BCUT2D eigenvalue weighted by atomic mass is 19.1. The van der Waals surface area contributed by atoms with Gasteiger partial charge in [0.25, 0.3) is 0 Å². The Morgan fingerprint density at radius 2 is 1.68 bits per heavy atom. The molecule has 1 heterocycles. The summed E-state index contributed by atoms with van der Waals surface area (Å²) in [7, 11) is 1.66. The van der Waals surface area contributed by atoms with Crippen LogP contribution in [0.2, 0.25) is 0 Å². The lowest BCUT2D eigenvalue weighted by atomic mass is 10.1. The lowest BCUT2D eigenvalue weighted by molar-refractivity contribution is 0.414. The molecule has 0 saturated carbocycles. The topological polar surface area (TPSA) is 59.1 Å². The number of anilines is 2. The molecular weight excluding hydrogens is 355 g/mol. The zero-order valence-electron chi connectivity index (χ0n) is 16.2. The summed E-state index contributed by atoms with van der Waals surface area (Å²) in [6.07, 6.45) is 1.45. The van der Waals surface area contributed by atoms with Gasteiger partial charge in [-0.25, -0.2) is 9.37 Å². The zero-order valence-corrected chi connectivity index (χ0v) is 16.2. The molecule has 0 unspecified atom stereocenters. The molecule has 3 aromatic rings. The van der Waals surface area contributed by atoms with Crippen LogP contribution in [-0.2, 0) is 12.8 Å². The van der Waals surface area contributed by atoms with Gasteiger partial charge in [-0.1, -0.05) is 30.3 Å². The second-order valence-corrected chi connectivity index (χ2v) is 6.51. The summed E-state index contributed by atoms with van der Waals surface area (Å²) in [6, 6.07) is 16.7. The van der Waals surface area contributed by atoms with E-state index >= 15 is 0 Å². The minimum absolute atomic E-state index is 0.177. The summed E-state index contributed by atoms with van der Waals surface area (Å²) in [6.45, 7) is 3.26. The number of hydrogen-bond donors (Lipinski definition) is 2. The first-order valence-electron chi connectivity index (χ1n) is 9.34. The molecule has 0 fully saturated rings. The van der Waals surface area contributed by atoms with Gasteiger partial charge in [-0.3, -0.25) is 0 Å².